The predicted octanol–water partition coefficient (Wildman–Crippen LogP) is 0.952. The summed E-state index contributed by atoms with van der Waals surface area (Å²) in [5.74, 6) is 0.685. The molecule has 0 radical (unpaired) electrons. The van der Waals surface area contributed by atoms with Crippen LogP contribution in [0.15, 0.2) is 24.3 Å². The summed E-state index contributed by atoms with van der Waals surface area (Å²) in [7, 11) is -3.63. The van der Waals surface area contributed by atoms with Gasteiger partial charge in [-0.25, -0.2) is 13.1 Å². The Morgan fingerprint density at radius 3 is 2.94 bits per heavy atom. The van der Waals surface area contributed by atoms with Crippen LogP contribution in [0, 0.1) is 11.3 Å². The van der Waals surface area contributed by atoms with E-state index in [0.717, 1.165) is 5.56 Å². The van der Waals surface area contributed by atoms with Crippen molar-refractivity contribution in [3.05, 3.63) is 29.8 Å². The third kappa shape index (κ3) is 2.25. The van der Waals surface area contributed by atoms with Gasteiger partial charge in [-0.3, -0.25) is 0 Å². The highest BCUT2D eigenvalue weighted by atomic mass is 32.2. The molecular weight excluding hydrogens is 240 g/mol. The molecule has 1 aromatic carbocycles. The van der Waals surface area contributed by atoms with E-state index in [4.69, 9.17) is 10.00 Å². The van der Waals surface area contributed by atoms with Crippen molar-refractivity contribution < 1.29 is 13.2 Å². The summed E-state index contributed by atoms with van der Waals surface area (Å²) < 4.78 is 31.3. The quantitative estimate of drug-likeness (QED) is 0.868. The van der Waals surface area contributed by atoms with Crippen molar-refractivity contribution in [2.24, 2.45) is 0 Å². The molecule has 6 heteroatoms. The van der Waals surface area contributed by atoms with Crippen LogP contribution in [-0.2, 0) is 10.0 Å². The molecule has 1 N–H and O–H groups in total. The first kappa shape index (κ1) is 11.9. The lowest BCUT2D eigenvalue weighted by atomic mass is 10.1. The second kappa shape index (κ2) is 4.35. The SMILES string of the molecule is CC(C#N)S(=O)(=O)NC1COc2ccccc21. The monoisotopic (exact) mass is 252 g/mol. The summed E-state index contributed by atoms with van der Waals surface area (Å²) in [6.45, 7) is 1.61. The molecule has 1 heterocycles. The molecule has 17 heavy (non-hydrogen) atoms. The fourth-order valence-corrected chi connectivity index (χ4v) is 2.56. The molecule has 2 atom stereocenters. The molecule has 1 aromatic rings. The van der Waals surface area contributed by atoms with E-state index < -0.39 is 21.3 Å². The van der Waals surface area contributed by atoms with Gasteiger partial charge >= 0.3 is 0 Å². The van der Waals surface area contributed by atoms with E-state index >= 15 is 0 Å². The molecule has 0 aliphatic carbocycles. The summed E-state index contributed by atoms with van der Waals surface area (Å²) >= 11 is 0. The number of fused-ring (bicyclic) bond motifs is 1. The van der Waals surface area contributed by atoms with E-state index in [0.29, 0.717) is 5.75 Å². The van der Waals surface area contributed by atoms with Crippen molar-refractivity contribution in [1.82, 2.24) is 4.72 Å². The minimum absolute atomic E-state index is 0.261. The number of nitriles is 1. The van der Waals surface area contributed by atoms with Gasteiger partial charge in [-0.15, -0.1) is 0 Å². The van der Waals surface area contributed by atoms with Crippen LogP contribution in [0.25, 0.3) is 0 Å². The summed E-state index contributed by atoms with van der Waals surface area (Å²) in [5, 5.41) is 7.57. The average Bonchev–Trinajstić information content (AvgIpc) is 2.71. The molecule has 0 aromatic heterocycles. The molecule has 1 aliphatic rings. The van der Waals surface area contributed by atoms with Crippen molar-refractivity contribution in [1.29, 1.82) is 5.26 Å². The fraction of sp³-hybridized carbons (Fsp3) is 0.364. The van der Waals surface area contributed by atoms with Crippen molar-refractivity contribution >= 4 is 10.0 Å². The van der Waals surface area contributed by atoms with Gasteiger partial charge in [-0.1, -0.05) is 18.2 Å². The van der Waals surface area contributed by atoms with Crippen molar-refractivity contribution in [2.45, 2.75) is 18.2 Å². The standard InChI is InChI=1S/C11H12N2O3S/c1-8(6-12)17(14,15)13-10-7-16-11-5-3-2-4-9(10)11/h2-5,8,10,13H,7H2,1H3. The van der Waals surface area contributed by atoms with Gasteiger partial charge in [-0.2, -0.15) is 5.26 Å². The van der Waals surface area contributed by atoms with Gasteiger partial charge in [0.25, 0.3) is 0 Å². The van der Waals surface area contributed by atoms with Gasteiger partial charge in [0.2, 0.25) is 10.0 Å². The predicted molar refractivity (Wildman–Crippen MR) is 61.8 cm³/mol. The fourth-order valence-electron chi connectivity index (χ4n) is 1.63. The van der Waals surface area contributed by atoms with Crippen LogP contribution >= 0.6 is 0 Å². The number of hydrogen-bond acceptors (Lipinski definition) is 4. The Morgan fingerprint density at radius 2 is 2.24 bits per heavy atom. The Morgan fingerprint density at radius 1 is 1.53 bits per heavy atom. The molecule has 0 spiro atoms. The molecule has 0 saturated carbocycles. The Balaban J connectivity index is 2.21. The topological polar surface area (TPSA) is 79.2 Å². The maximum Gasteiger partial charge on any atom is 0.228 e. The second-order valence-corrected chi connectivity index (χ2v) is 5.87. The zero-order valence-electron chi connectivity index (χ0n) is 9.25. The first-order chi connectivity index (χ1) is 8.04. The van der Waals surface area contributed by atoms with E-state index in [2.05, 4.69) is 4.72 Å². The van der Waals surface area contributed by atoms with Crippen LogP contribution in [0.2, 0.25) is 0 Å². The number of benzene rings is 1. The number of rotatable bonds is 3. The van der Waals surface area contributed by atoms with E-state index in [9.17, 15) is 8.42 Å². The molecule has 1 aliphatic heterocycles. The molecule has 0 bridgehead atoms. The molecule has 2 unspecified atom stereocenters. The van der Waals surface area contributed by atoms with Gasteiger partial charge in [0.05, 0.1) is 12.1 Å². The van der Waals surface area contributed by atoms with Crippen LogP contribution in [0.4, 0.5) is 0 Å². The van der Waals surface area contributed by atoms with Gasteiger partial charge in [0.15, 0.2) is 5.25 Å². The first-order valence-corrected chi connectivity index (χ1v) is 6.71. The summed E-state index contributed by atoms with van der Waals surface area (Å²) in [6, 6.07) is 8.55. The lowest BCUT2D eigenvalue weighted by Crippen LogP contribution is -2.35. The number of hydrogen-bond donors (Lipinski definition) is 1. The molecule has 2 rings (SSSR count). The summed E-state index contributed by atoms with van der Waals surface area (Å²) in [6.07, 6.45) is 0. The van der Waals surface area contributed by atoms with E-state index in [1.54, 1.807) is 12.1 Å². The Hall–Kier alpha value is -1.58. The third-order valence-corrected chi connectivity index (χ3v) is 4.30. The van der Waals surface area contributed by atoms with Gasteiger partial charge in [-0.05, 0) is 13.0 Å². The minimum Gasteiger partial charge on any atom is -0.491 e. The highest BCUT2D eigenvalue weighted by molar-refractivity contribution is 7.90. The number of ether oxygens (including phenoxy) is 1. The minimum atomic E-state index is -3.63. The average molecular weight is 252 g/mol. The zero-order valence-corrected chi connectivity index (χ0v) is 10.1. The summed E-state index contributed by atoms with van der Waals surface area (Å²) in [4.78, 5) is 0. The number of para-hydroxylation sites is 1. The maximum atomic E-state index is 11.7. The summed E-state index contributed by atoms with van der Waals surface area (Å²) in [5.41, 5.74) is 0.807. The Kier molecular flexibility index (Phi) is 3.05. The molecule has 0 fully saturated rings. The zero-order chi connectivity index (χ0) is 12.5. The number of nitrogens with one attached hydrogen (secondary N) is 1. The third-order valence-electron chi connectivity index (χ3n) is 2.65. The van der Waals surface area contributed by atoms with Gasteiger partial charge in [0, 0.05) is 5.56 Å². The maximum absolute atomic E-state index is 11.7. The van der Waals surface area contributed by atoms with Gasteiger partial charge < -0.3 is 4.74 Å². The number of nitrogens with zero attached hydrogens (tertiary/aromatic N) is 1. The van der Waals surface area contributed by atoms with Crippen LogP contribution in [0.5, 0.6) is 5.75 Å². The normalized spacial score (nSPS) is 20.1. The second-order valence-electron chi connectivity index (χ2n) is 3.84. The van der Waals surface area contributed by atoms with Crippen molar-refractivity contribution in [3.63, 3.8) is 0 Å². The lowest BCUT2D eigenvalue weighted by molar-refractivity contribution is 0.325. The van der Waals surface area contributed by atoms with Crippen molar-refractivity contribution in [3.8, 4) is 11.8 Å². The lowest BCUT2D eigenvalue weighted by Gasteiger charge is -2.13. The largest absolute Gasteiger partial charge is 0.491 e. The van der Waals surface area contributed by atoms with E-state index in [1.165, 1.54) is 6.92 Å². The van der Waals surface area contributed by atoms with E-state index in [1.807, 2.05) is 18.2 Å². The van der Waals surface area contributed by atoms with E-state index in [-0.39, 0.29) is 6.61 Å². The number of sulfonamides is 1. The molecule has 90 valence electrons. The first-order valence-electron chi connectivity index (χ1n) is 5.17. The van der Waals surface area contributed by atoms with Gasteiger partial charge in [0.1, 0.15) is 12.4 Å². The Bertz CT molecular complexity index is 562. The highest BCUT2D eigenvalue weighted by Crippen LogP contribution is 2.32. The van der Waals surface area contributed by atoms with Crippen LogP contribution in [-0.4, -0.2) is 20.3 Å². The van der Waals surface area contributed by atoms with Crippen LogP contribution < -0.4 is 9.46 Å². The Labute approximate surface area is 100 Å². The molecule has 0 saturated heterocycles. The molecule has 5 nitrogen and oxygen atoms in total. The smallest absolute Gasteiger partial charge is 0.228 e. The van der Waals surface area contributed by atoms with Crippen molar-refractivity contribution in [2.75, 3.05) is 6.61 Å². The highest BCUT2D eigenvalue weighted by Gasteiger charge is 2.30. The van der Waals surface area contributed by atoms with Crippen LogP contribution in [0.1, 0.15) is 18.5 Å². The van der Waals surface area contributed by atoms with Crippen LogP contribution in [0.3, 0.4) is 0 Å². The molecule has 0 amide bonds. The molecular formula is C11H12N2O3S.